The van der Waals surface area contributed by atoms with Gasteiger partial charge in [-0.25, -0.2) is 0 Å². The van der Waals surface area contributed by atoms with Crippen LogP contribution >= 0.6 is 0 Å². The first kappa shape index (κ1) is 14.8. The number of rotatable bonds is 5. The molecular formula is C18H15N3O2. The molecule has 0 amide bonds. The summed E-state index contributed by atoms with van der Waals surface area (Å²) in [6.07, 6.45) is 3.86. The molecule has 114 valence electrons. The number of nitrogens with zero attached hydrogens (tertiary/aromatic N) is 3. The molecule has 0 radical (unpaired) electrons. The Kier molecular flexibility index (Phi) is 4.07. The van der Waals surface area contributed by atoms with Gasteiger partial charge in [-0.05, 0) is 42.7 Å². The van der Waals surface area contributed by atoms with Gasteiger partial charge in [0, 0.05) is 35.8 Å². The summed E-state index contributed by atoms with van der Waals surface area (Å²) in [5.41, 5.74) is 3.01. The van der Waals surface area contributed by atoms with Crippen LogP contribution in [0.2, 0.25) is 0 Å². The topological polar surface area (TPSA) is 71.9 Å². The van der Waals surface area contributed by atoms with Gasteiger partial charge in [0.25, 0.3) is 5.69 Å². The molecule has 0 aliphatic carbocycles. The molecule has 0 N–H and O–H groups in total. The van der Waals surface area contributed by atoms with E-state index in [-0.39, 0.29) is 10.6 Å². The molecule has 1 heterocycles. The van der Waals surface area contributed by atoms with Crippen LogP contribution in [0.1, 0.15) is 17.5 Å². The maximum absolute atomic E-state index is 10.8. The SMILES string of the molecule is N#Cc1ccc(CCCn2ccc3cc([N+](=O)[O-])ccc32)cc1. The number of aryl methyl sites for hydroxylation is 2. The summed E-state index contributed by atoms with van der Waals surface area (Å²) in [7, 11) is 0. The van der Waals surface area contributed by atoms with E-state index in [0.29, 0.717) is 5.56 Å². The van der Waals surface area contributed by atoms with Crippen molar-refractivity contribution in [3.63, 3.8) is 0 Å². The van der Waals surface area contributed by atoms with E-state index in [1.807, 2.05) is 36.5 Å². The number of aromatic nitrogens is 1. The Morgan fingerprint density at radius 1 is 1.13 bits per heavy atom. The molecule has 5 heteroatoms. The van der Waals surface area contributed by atoms with E-state index in [0.717, 1.165) is 30.3 Å². The fourth-order valence-electron chi connectivity index (χ4n) is 2.70. The third-order valence-electron chi connectivity index (χ3n) is 3.91. The number of fused-ring (bicyclic) bond motifs is 1. The van der Waals surface area contributed by atoms with E-state index >= 15 is 0 Å². The Morgan fingerprint density at radius 2 is 1.91 bits per heavy atom. The molecule has 3 rings (SSSR count). The van der Waals surface area contributed by atoms with Crippen LogP contribution in [0, 0.1) is 21.4 Å². The molecule has 1 aromatic heterocycles. The predicted octanol–water partition coefficient (Wildman–Crippen LogP) is 4.05. The Bertz CT molecular complexity index is 889. The lowest BCUT2D eigenvalue weighted by atomic mass is 10.1. The van der Waals surface area contributed by atoms with Crippen LogP contribution in [0.15, 0.2) is 54.7 Å². The van der Waals surface area contributed by atoms with Crippen molar-refractivity contribution in [2.75, 3.05) is 0 Å². The van der Waals surface area contributed by atoms with E-state index < -0.39 is 0 Å². The molecule has 0 aliphatic heterocycles. The van der Waals surface area contributed by atoms with Crippen LogP contribution in [0.5, 0.6) is 0 Å². The van der Waals surface area contributed by atoms with Crippen LogP contribution in [0.3, 0.4) is 0 Å². The Balaban J connectivity index is 1.67. The predicted molar refractivity (Wildman–Crippen MR) is 88.1 cm³/mol. The molecule has 0 atom stereocenters. The van der Waals surface area contributed by atoms with Crippen molar-refractivity contribution in [2.45, 2.75) is 19.4 Å². The van der Waals surface area contributed by atoms with Crippen LogP contribution < -0.4 is 0 Å². The summed E-state index contributed by atoms with van der Waals surface area (Å²) in [6, 6.07) is 16.6. The molecule has 0 saturated carbocycles. The van der Waals surface area contributed by atoms with E-state index in [4.69, 9.17) is 5.26 Å². The van der Waals surface area contributed by atoms with Gasteiger partial charge >= 0.3 is 0 Å². The van der Waals surface area contributed by atoms with Crippen LogP contribution in [-0.2, 0) is 13.0 Å². The molecule has 2 aromatic carbocycles. The van der Waals surface area contributed by atoms with E-state index in [2.05, 4.69) is 10.6 Å². The smallest absolute Gasteiger partial charge is 0.270 e. The van der Waals surface area contributed by atoms with Gasteiger partial charge in [-0.2, -0.15) is 5.26 Å². The van der Waals surface area contributed by atoms with Crippen molar-refractivity contribution >= 4 is 16.6 Å². The number of benzene rings is 2. The highest BCUT2D eigenvalue weighted by Gasteiger charge is 2.08. The molecule has 0 fully saturated rings. The lowest BCUT2D eigenvalue weighted by Crippen LogP contribution is -1.98. The fraction of sp³-hybridized carbons (Fsp3) is 0.167. The summed E-state index contributed by atoms with van der Waals surface area (Å²) in [5, 5.41) is 20.5. The minimum absolute atomic E-state index is 0.118. The van der Waals surface area contributed by atoms with E-state index in [9.17, 15) is 10.1 Å². The monoisotopic (exact) mass is 305 g/mol. The number of hydrogen-bond donors (Lipinski definition) is 0. The van der Waals surface area contributed by atoms with Gasteiger partial charge in [0.1, 0.15) is 0 Å². The maximum atomic E-state index is 10.8. The van der Waals surface area contributed by atoms with Crippen LogP contribution in [-0.4, -0.2) is 9.49 Å². The molecule has 0 bridgehead atoms. The summed E-state index contributed by atoms with van der Waals surface area (Å²) >= 11 is 0. The normalized spacial score (nSPS) is 10.6. The van der Waals surface area contributed by atoms with Gasteiger partial charge in [-0.15, -0.1) is 0 Å². The third-order valence-corrected chi connectivity index (χ3v) is 3.91. The highest BCUT2D eigenvalue weighted by molar-refractivity contribution is 5.82. The van der Waals surface area contributed by atoms with E-state index in [1.54, 1.807) is 18.2 Å². The molecule has 0 spiro atoms. The van der Waals surface area contributed by atoms with Gasteiger partial charge < -0.3 is 4.57 Å². The zero-order chi connectivity index (χ0) is 16.2. The molecule has 0 aliphatic rings. The van der Waals surface area contributed by atoms with Gasteiger partial charge in [0.05, 0.1) is 16.6 Å². The second kappa shape index (κ2) is 6.32. The standard InChI is InChI=1S/C18H15N3O2/c19-13-15-5-3-14(4-6-15)2-1-10-20-11-9-16-12-17(21(22)23)7-8-18(16)20/h3-9,11-12H,1-2,10H2. The van der Waals surface area contributed by atoms with Gasteiger partial charge in [0.15, 0.2) is 0 Å². The summed E-state index contributed by atoms with van der Waals surface area (Å²) in [5.74, 6) is 0. The second-order valence-corrected chi connectivity index (χ2v) is 5.42. The zero-order valence-electron chi connectivity index (χ0n) is 12.5. The summed E-state index contributed by atoms with van der Waals surface area (Å²) in [6.45, 7) is 0.849. The number of non-ortho nitro benzene ring substituents is 1. The first-order valence-electron chi connectivity index (χ1n) is 7.40. The zero-order valence-corrected chi connectivity index (χ0v) is 12.5. The molecule has 0 saturated heterocycles. The molecular weight excluding hydrogens is 290 g/mol. The lowest BCUT2D eigenvalue weighted by molar-refractivity contribution is -0.384. The van der Waals surface area contributed by atoms with Crippen molar-refractivity contribution in [1.82, 2.24) is 4.57 Å². The van der Waals surface area contributed by atoms with Crippen molar-refractivity contribution in [2.24, 2.45) is 0 Å². The highest BCUT2D eigenvalue weighted by atomic mass is 16.6. The molecule has 3 aromatic rings. The Hall–Kier alpha value is -3.13. The quantitative estimate of drug-likeness (QED) is 0.527. The number of hydrogen-bond acceptors (Lipinski definition) is 3. The molecule has 23 heavy (non-hydrogen) atoms. The van der Waals surface area contributed by atoms with Crippen LogP contribution in [0.25, 0.3) is 10.9 Å². The average Bonchev–Trinajstić information content (AvgIpc) is 2.98. The third kappa shape index (κ3) is 3.22. The van der Waals surface area contributed by atoms with Crippen molar-refractivity contribution < 1.29 is 4.92 Å². The van der Waals surface area contributed by atoms with Gasteiger partial charge in [0.2, 0.25) is 0 Å². The first-order valence-corrected chi connectivity index (χ1v) is 7.40. The average molecular weight is 305 g/mol. The lowest BCUT2D eigenvalue weighted by Gasteiger charge is -2.06. The van der Waals surface area contributed by atoms with Gasteiger partial charge in [-0.1, -0.05) is 12.1 Å². The van der Waals surface area contributed by atoms with Crippen molar-refractivity contribution in [3.05, 3.63) is 76.0 Å². The molecule has 5 nitrogen and oxygen atoms in total. The number of nitro benzene ring substituents is 1. The summed E-state index contributed by atoms with van der Waals surface area (Å²) < 4.78 is 2.11. The minimum atomic E-state index is -0.373. The first-order chi connectivity index (χ1) is 11.2. The molecule has 0 unspecified atom stereocenters. The van der Waals surface area contributed by atoms with Crippen LogP contribution in [0.4, 0.5) is 5.69 Å². The minimum Gasteiger partial charge on any atom is -0.347 e. The summed E-state index contributed by atoms with van der Waals surface area (Å²) in [4.78, 5) is 10.4. The maximum Gasteiger partial charge on any atom is 0.270 e. The largest absolute Gasteiger partial charge is 0.347 e. The van der Waals surface area contributed by atoms with E-state index in [1.165, 1.54) is 5.56 Å². The van der Waals surface area contributed by atoms with Crippen molar-refractivity contribution in [3.8, 4) is 6.07 Å². The number of nitriles is 1. The van der Waals surface area contributed by atoms with Gasteiger partial charge in [-0.3, -0.25) is 10.1 Å². The van der Waals surface area contributed by atoms with Crippen molar-refractivity contribution in [1.29, 1.82) is 5.26 Å². The Labute approximate surface area is 133 Å². The Morgan fingerprint density at radius 3 is 2.61 bits per heavy atom. The highest BCUT2D eigenvalue weighted by Crippen LogP contribution is 2.22. The fourth-order valence-corrected chi connectivity index (χ4v) is 2.70. The second-order valence-electron chi connectivity index (χ2n) is 5.42. The number of nitro groups is 1.